The molecule has 18 heavy (non-hydrogen) atoms. The number of aromatic nitrogens is 3. The van der Waals surface area contributed by atoms with Crippen LogP contribution < -0.4 is 0 Å². The average molecular weight is 286 g/mol. The third kappa shape index (κ3) is 2.66. The van der Waals surface area contributed by atoms with Crippen LogP contribution in [0.2, 0.25) is 5.02 Å². The molecule has 0 atom stereocenters. The molecule has 0 saturated heterocycles. The van der Waals surface area contributed by atoms with E-state index in [1.807, 2.05) is 28.8 Å². The summed E-state index contributed by atoms with van der Waals surface area (Å²) in [5.41, 5.74) is 0.846. The predicted octanol–water partition coefficient (Wildman–Crippen LogP) is 2.98. The van der Waals surface area contributed by atoms with Gasteiger partial charge in [0.1, 0.15) is 5.82 Å². The average Bonchev–Trinajstić information content (AvgIpc) is 2.79. The topological polar surface area (TPSA) is 39.9 Å². The van der Waals surface area contributed by atoms with E-state index in [0.29, 0.717) is 35.7 Å². The van der Waals surface area contributed by atoms with Gasteiger partial charge >= 0.3 is 0 Å². The van der Waals surface area contributed by atoms with Gasteiger partial charge in [0.25, 0.3) is 0 Å². The van der Waals surface area contributed by atoms with E-state index in [9.17, 15) is 0 Å². The van der Waals surface area contributed by atoms with E-state index in [4.69, 9.17) is 27.9 Å². The molecule has 0 fully saturated rings. The fourth-order valence-electron chi connectivity index (χ4n) is 1.69. The number of hydrogen-bond donors (Lipinski definition) is 0. The molecule has 1 aromatic heterocycles. The van der Waals surface area contributed by atoms with E-state index in [-0.39, 0.29) is 0 Å². The summed E-state index contributed by atoms with van der Waals surface area (Å²) < 4.78 is 7.01. The van der Waals surface area contributed by atoms with Crippen LogP contribution in [0.3, 0.4) is 0 Å². The van der Waals surface area contributed by atoms with Gasteiger partial charge in [-0.2, -0.15) is 0 Å². The highest BCUT2D eigenvalue weighted by molar-refractivity contribution is 6.33. The highest BCUT2D eigenvalue weighted by Gasteiger charge is 2.14. The summed E-state index contributed by atoms with van der Waals surface area (Å²) in [6.07, 6.45) is 0. The molecule has 1 aromatic carbocycles. The third-order valence-electron chi connectivity index (χ3n) is 2.58. The van der Waals surface area contributed by atoms with Crippen LogP contribution in [0.25, 0.3) is 11.4 Å². The zero-order valence-corrected chi connectivity index (χ0v) is 11.4. The molecule has 0 aliphatic rings. The van der Waals surface area contributed by atoms with Gasteiger partial charge in [-0.05, 0) is 12.1 Å². The lowest BCUT2D eigenvalue weighted by Crippen LogP contribution is -2.09. The van der Waals surface area contributed by atoms with Gasteiger partial charge in [0.05, 0.1) is 17.5 Å². The number of methoxy groups -OCH3 is 1. The fraction of sp³-hybridized carbons (Fsp3) is 0.333. The molecule has 0 amide bonds. The molecule has 0 radical (unpaired) electrons. The van der Waals surface area contributed by atoms with E-state index >= 15 is 0 Å². The third-order valence-corrected chi connectivity index (χ3v) is 3.15. The van der Waals surface area contributed by atoms with Crippen LogP contribution in [0.5, 0.6) is 0 Å². The van der Waals surface area contributed by atoms with E-state index in [0.717, 1.165) is 5.56 Å². The van der Waals surface area contributed by atoms with Gasteiger partial charge < -0.3 is 9.30 Å². The first-order valence-electron chi connectivity index (χ1n) is 5.49. The van der Waals surface area contributed by atoms with Crippen molar-refractivity contribution >= 4 is 23.2 Å². The number of nitrogens with zero attached hydrogens (tertiary/aromatic N) is 3. The molecule has 0 aliphatic heterocycles. The number of halogens is 2. The largest absolute Gasteiger partial charge is 0.383 e. The molecule has 96 valence electrons. The van der Waals surface area contributed by atoms with E-state index in [1.54, 1.807) is 7.11 Å². The summed E-state index contributed by atoms with van der Waals surface area (Å²) in [7, 11) is 1.65. The zero-order chi connectivity index (χ0) is 13.0. The number of benzene rings is 1. The molecule has 0 N–H and O–H groups in total. The molecule has 0 bridgehead atoms. The molecule has 0 saturated carbocycles. The van der Waals surface area contributed by atoms with Crippen molar-refractivity contribution in [3.05, 3.63) is 35.1 Å². The molecule has 0 unspecified atom stereocenters. The molecule has 0 aliphatic carbocycles. The lowest BCUT2D eigenvalue weighted by atomic mass is 10.2. The Morgan fingerprint density at radius 1 is 1.28 bits per heavy atom. The second-order valence-corrected chi connectivity index (χ2v) is 4.37. The number of rotatable bonds is 5. The number of alkyl halides is 1. The Balaban J connectivity index is 2.44. The van der Waals surface area contributed by atoms with Crippen LogP contribution in [-0.2, 0) is 17.2 Å². The van der Waals surface area contributed by atoms with E-state index < -0.39 is 0 Å². The Morgan fingerprint density at radius 3 is 2.72 bits per heavy atom. The lowest BCUT2D eigenvalue weighted by molar-refractivity contribution is 0.187. The first kappa shape index (κ1) is 13.3. The summed E-state index contributed by atoms with van der Waals surface area (Å²) in [6, 6.07) is 7.53. The Morgan fingerprint density at radius 2 is 2.06 bits per heavy atom. The van der Waals surface area contributed by atoms with Crippen molar-refractivity contribution in [1.82, 2.24) is 14.8 Å². The SMILES string of the molecule is COCCn1c(CCl)nnc1-c1ccccc1Cl. The first-order chi connectivity index (χ1) is 8.77. The smallest absolute Gasteiger partial charge is 0.165 e. The minimum absolute atomic E-state index is 0.307. The van der Waals surface area contributed by atoms with Gasteiger partial charge in [0.15, 0.2) is 5.82 Å². The standard InChI is InChI=1S/C12H13Cl2N3O/c1-18-7-6-17-11(8-13)15-16-12(17)9-4-2-3-5-10(9)14/h2-5H,6-8H2,1H3. The van der Waals surface area contributed by atoms with Gasteiger partial charge in [-0.3, -0.25) is 0 Å². The molecule has 2 rings (SSSR count). The van der Waals surface area contributed by atoms with Crippen molar-refractivity contribution in [2.45, 2.75) is 12.4 Å². The van der Waals surface area contributed by atoms with E-state index in [2.05, 4.69) is 10.2 Å². The maximum Gasteiger partial charge on any atom is 0.165 e. The molecule has 1 heterocycles. The normalized spacial score (nSPS) is 10.8. The van der Waals surface area contributed by atoms with E-state index in [1.165, 1.54) is 0 Å². The van der Waals surface area contributed by atoms with Crippen molar-refractivity contribution in [1.29, 1.82) is 0 Å². The highest BCUT2D eigenvalue weighted by atomic mass is 35.5. The molecule has 2 aromatic rings. The van der Waals surface area contributed by atoms with Crippen LogP contribution in [0.15, 0.2) is 24.3 Å². The first-order valence-corrected chi connectivity index (χ1v) is 6.41. The summed E-state index contributed by atoms with van der Waals surface area (Å²) in [4.78, 5) is 0. The maximum absolute atomic E-state index is 6.17. The molecular weight excluding hydrogens is 273 g/mol. The Labute approximate surface area is 115 Å². The highest BCUT2D eigenvalue weighted by Crippen LogP contribution is 2.26. The van der Waals surface area contributed by atoms with Crippen molar-refractivity contribution < 1.29 is 4.74 Å². The Hall–Kier alpha value is -1.10. The number of hydrogen-bond acceptors (Lipinski definition) is 3. The minimum atomic E-state index is 0.307. The summed E-state index contributed by atoms with van der Waals surface area (Å²) >= 11 is 12.0. The number of ether oxygens (including phenoxy) is 1. The molecule has 0 spiro atoms. The Kier molecular flexibility index (Phi) is 4.58. The van der Waals surface area contributed by atoms with Crippen LogP contribution in [-0.4, -0.2) is 28.5 Å². The van der Waals surface area contributed by atoms with Crippen LogP contribution >= 0.6 is 23.2 Å². The molecular formula is C12H13Cl2N3O. The minimum Gasteiger partial charge on any atom is -0.383 e. The van der Waals surface area contributed by atoms with Gasteiger partial charge in [-0.15, -0.1) is 21.8 Å². The fourth-order valence-corrected chi connectivity index (χ4v) is 2.11. The molecule has 6 heteroatoms. The second kappa shape index (κ2) is 6.18. The van der Waals surface area contributed by atoms with Crippen molar-refractivity contribution in [3.8, 4) is 11.4 Å². The van der Waals surface area contributed by atoms with Crippen molar-refractivity contribution in [2.24, 2.45) is 0 Å². The Bertz CT molecular complexity index is 528. The quantitative estimate of drug-likeness (QED) is 0.793. The maximum atomic E-state index is 6.17. The van der Waals surface area contributed by atoms with Gasteiger partial charge in [-0.1, -0.05) is 23.7 Å². The zero-order valence-electron chi connectivity index (χ0n) is 9.94. The second-order valence-electron chi connectivity index (χ2n) is 3.70. The lowest BCUT2D eigenvalue weighted by Gasteiger charge is -2.09. The molecule has 4 nitrogen and oxygen atoms in total. The van der Waals surface area contributed by atoms with Crippen molar-refractivity contribution in [3.63, 3.8) is 0 Å². The predicted molar refractivity (Wildman–Crippen MR) is 71.9 cm³/mol. The van der Waals surface area contributed by atoms with Crippen LogP contribution in [0.4, 0.5) is 0 Å². The van der Waals surface area contributed by atoms with Crippen LogP contribution in [0.1, 0.15) is 5.82 Å². The summed E-state index contributed by atoms with van der Waals surface area (Å²) in [6.45, 7) is 1.21. The monoisotopic (exact) mass is 285 g/mol. The van der Waals surface area contributed by atoms with Gasteiger partial charge in [-0.25, -0.2) is 0 Å². The van der Waals surface area contributed by atoms with Gasteiger partial charge in [0.2, 0.25) is 0 Å². The van der Waals surface area contributed by atoms with Crippen LogP contribution in [0, 0.1) is 0 Å². The summed E-state index contributed by atoms with van der Waals surface area (Å²) in [5, 5.41) is 8.87. The van der Waals surface area contributed by atoms with Crippen molar-refractivity contribution in [2.75, 3.05) is 13.7 Å². The van der Waals surface area contributed by atoms with Gasteiger partial charge in [0, 0.05) is 19.2 Å². The summed E-state index contributed by atoms with van der Waals surface area (Å²) in [5.74, 6) is 1.73.